The predicted molar refractivity (Wildman–Crippen MR) is 70.9 cm³/mol. The van der Waals surface area contributed by atoms with Gasteiger partial charge in [0.2, 0.25) is 0 Å². The van der Waals surface area contributed by atoms with E-state index in [0.29, 0.717) is 0 Å². The van der Waals surface area contributed by atoms with E-state index in [2.05, 4.69) is 36.7 Å². The maximum Gasteiger partial charge on any atom is 0.0809 e. The first-order valence-electron chi connectivity index (χ1n) is 6.10. The van der Waals surface area contributed by atoms with Crippen molar-refractivity contribution in [2.45, 2.75) is 33.3 Å². The van der Waals surface area contributed by atoms with E-state index in [1.807, 2.05) is 0 Å². The van der Waals surface area contributed by atoms with Crippen LogP contribution in [-0.2, 0) is 11.3 Å². The molecule has 2 nitrogen and oxygen atoms in total. The average molecular weight is 241 g/mol. The van der Waals surface area contributed by atoms with Gasteiger partial charge in [-0.05, 0) is 43.3 Å². The third-order valence-corrected chi connectivity index (χ3v) is 3.12. The molecule has 1 aromatic heterocycles. The maximum absolute atomic E-state index is 5.59. The smallest absolute Gasteiger partial charge is 0.0809 e. The Morgan fingerprint density at radius 1 is 1.38 bits per heavy atom. The zero-order valence-electron chi connectivity index (χ0n) is 10.4. The van der Waals surface area contributed by atoms with Gasteiger partial charge >= 0.3 is 0 Å². The summed E-state index contributed by atoms with van der Waals surface area (Å²) in [6.45, 7) is 8.35. The molecule has 0 bridgehead atoms. The highest BCUT2D eigenvalue weighted by Crippen LogP contribution is 2.09. The summed E-state index contributed by atoms with van der Waals surface area (Å²) in [5.41, 5.74) is 0. The highest BCUT2D eigenvalue weighted by atomic mass is 32.1. The second kappa shape index (κ2) is 8.74. The van der Waals surface area contributed by atoms with Crippen molar-refractivity contribution in [2.24, 2.45) is 5.92 Å². The topological polar surface area (TPSA) is 21.3 Å². The molecule has 0 amide bonds. The molecule has 0 aliphatic rings. The molecule has 1 aromatic rings. The summed E-state index contributed by atoms with van der Waals surface area (Å²) in [6, 6.07) is 4.19. The fraction of sp³-hybridized carbons (Fsp3) is 0.692. The van der Waals surface area contributed by atoms with Gasteiger partial charge < -0.3 is 10.1 Å². The van der Waals surface area contributed by atoms with Gasteiger partial charge in [-0.2, -0.15) is 0 Å². The molecule has 1 heterocycles. The average Bonchev–Trinajstić information content (AvgIpc) is 2.74. The van der Waals surface area contributed by atoms with Crippen molar-refractivity contribution >= 4 is 11.3 Å². The van der Waals surface area contributed by atoms with Gasteiger partial charge in [-0.1, -0.05) is 19.9 Å². The third kappa shape index (κ3) is 6.99. The van der Waals surface area contributed by atoms with Crippen molar-refractivity contribution < 1.29 is 4.74 Å². The van der Waals surface area contributed by atoms with Crippen LogP contribution in [0.2, 0.25) is 0 Å². The minimum atomic E-state index is 0.745. The van der Waals surface area contributed by atoms with Crippen LogP contribution in [0.5, 0.6) is 0 Å². The quantitative estimate of drug-likeness (QED) is 0.670. The van der Waals surface area contributed by atoms with Crippen LogP contribution in [0.3, 0.4) is 0 Å². The van der Waals surface area contributed by atoms with Crippen LogP contribution in [0.1, 0.15) is 31.6 Å². The second-order valence-corrected chi connectivity index (χ2v) is 5.47. The Bertz CT molecular complexity index is 246. The third-order valence-electron chi connectivity index (χ3n) is 2.27. The van der Waals surface area contributed by atoms with Crippen molar-refractivity contribution in [1.29, 1.82) is 0 Å². The van der Waals surface area contributed by atoms with Gasteiger partial charge in [0, 0.05) is 11.5 Å². The molecule has 0 fully saturated rings. The fourth-order valence-corrected chi connectivity index (χ4v) is 2.05. The van der Waals surface area contributed by atoms with E-state index in [0.717, 1.165) is 38.6 Å². The van der Waals surface area contributed by atoms with Crippen LogP contribution < -0.4 is 5.32 Å². The van der Waals surface area contributed by atoms with Gasteiger partial charge in [-0.25, -0.2) is 0 Å². The van der Waals surface area contributed by atoms with Gasteiger partial charge in [0.15, 0.2) is 0 Å². The molecule has 0 atom stereocenters. The van der Waals surface area contributed by atoms with Gasteiger partial charge in [0.1, 0.15) is 0 Å². The molecule has 0 aromatic carbocycles. The number of thiophene rings is 1. The Hall–Kier alpha value is -0.380. The molecule has 0 aliphatic heterocycles. The van der Waals surface area contributed by atoms with Crippen LogP contribution in [0.15, 0.2) is 17.5 Å². The lowest BCUT2D eigenvalue weighted by Crippen LogP contribution is -2.20. The molecule has 0 unspecified atom stereocenters. The predicted octanol–water partition coefficient (Wildman–Crippen LogP) is 3.29. The van der Waals surface area contributed by atoms with Gasteiger partial charge in [-0.3, -0.25) is 0 Å². The van der Waals surface area contributed by atoms with Crippen molar-refractivity contribution in [1.82, 2.24) is 5.32 Å². The Kier molecular flexibility index (Phi) is 7.47. The Labute approximate surface area is 103 Å². The van der Waals surface area contributed by atoms with E-state index < -0.39 is 0 Å². The first-order chi connectivity index (χ1) is 7.79. The molecule has 0 saturated carbocycles. The molecule has 1 rings (SSSR count). The van der Waals surface area contributed by atoms with Crippen LogP contribution in [0, 0.1) is 5.92 Å². The van der Waals surface area contributed by atoms with Crippen LogP contribution >= 0.6 is 11.3 Å². The molecule has 0 radical (unpaired) electrons. The summed E-state index contributed by atoms with van der Waals surface area (Å²) < 4.78 is 5.59. The summed E-state index contributed by atoms with van der Waals surface area (Å²) in [6.07, 6.45) is 2.35. The molecule has 0 spiro atoms. The fourth-order valence-electron chi connectivity index (χ4n) is 1.41. The monoisotopic (exact) mass is 241 g/mol. The molecule has 0 aliphatic carbocycles. The van der Waals surface area contributed by atoms with E-state index in [-0.39, 0.29) is 0 Å². The molecule has 3 heteroatoms. The van der Waals surface area contributed by atoms with Gasteiger partial charge in [-0.15, -0.1) is 11.3 Å². The zero-order chi connectivity index (χ0) is 11.6. The number of nitrogens with one attached hydrogen (secondary N) is 1. The minimum absolute atomic E-state index is 0.745. The summed E-state index contributed by atoms with van der Waals surface area (Å²) in [7, 11) is 0. The first kappa shape index (κ1) is 13.7. The van der Waals surface area contributed by atoms with Gasteiger partial charge in [0.05, 0.1) is 6.61 Å². The standard InChI is InChI=1S/C13H23NOS/c1-12(2)10-14-7-3-4-8-15-11-13-6-5-9-16-13/h5-6,9,12,14H,3-4,7-8,10-11H2,1-2H3. The second-order valence-electron chi connectivity index (χ2n) is 4.44. The largest absolute Gasteiger partial charge is 0.376 e. The lowest BCUT2D eigenvalue weighted by Gasteiger charge is -2.07. The van der Waals surface area contributed by atoms with Crippen LogP contribution in [0.4, 0.5) is 0 Å². The van der Waals surface area contributed by atoms with Crippen molar-refractivity contribution in [3.05, 3.63) is 22.4 Å². The van der Waals surface area contributed by atoms with Crippen molar-refractivity contribution in [3.8, 4) is 0 Å². The minimum Gasteiger partial charge on any atom is -0.376 e. The number of unbranched alkanes of at least 4 members (excludes halogenated alkanes) is 1. The molecule has 92 valence electrons. The highest BCUT2D eigenvalue weighted by Gasteiger charge is 1.95. The van der Waals surface area contributed by atoms with E-state index in [4.69, 9.17) is 4.74 Å². The molecular weight excluding hydrogens is 218 g/mol. The number of rotatable bonds is 9. The van der Waals surface area contributed by atoms with Gasteiger partial charge in [0.25, 0.3) is 0 Å². The first-order valence-corrected chi connectivity index (χ1v) is 6.98. The maximum atomic E-state index is 5.59. The summed E-state index contributed by atoms with van der Waals surface area (Å²) >= 11 is 1.76. The number of hydrogen-bond donors (Lipinski definition) is 1. The van der Waals surface area contributed by atoms with Crippen molar-refractivity contribution in [2.75, 3.05) is 19.7 Å². The SMILES string of the molecule is CC(C)CNCCCCOCc1cccs1. The van der Waals surface area contributed by atoms with E-state index in [9.17, 15) is 0 Å². The normalized spacial score (nSPS) is 11.2. The molecule has 16 heavy (non-hydrogen) atoms. The zero-order valence-corrected chi connectivity index (χ0v) is 11.2. The number of ether oxygens (including phenoxy) is 1. The van der Waals surface area contributed by atoms with Crippen molar-refractivity contribution in [3.63, 3.8) is 0 Å². The lowest BCUT2D eigenvalue weighted by molar-refractivity contribution is 0.119. The number of hydrogen-bond acceptors (Lipinski definition) is 3. The van der Waals surface area contributed by atoms with E-state index >= 15 is 0 Å². The summed E-state index contributed by atoms with van der Waals surface area (Å²) in [5.74, 6) is 0.745. The molecule has 1 N–H and O–H groups in total. The Morgan fingerprint density at radius 3 is 2.94 bits per heavy atom. The lowest BCUT2D eigenvalue weighted by atomic mass is 10.2. The van der Waals surface area contributed by atoms with Crippen LogP contribution in [-0.4, -0.2) is 19.7 Å². The summed E-state index contributed by atoms with van der Waals surface area (Å²) in [4.78, 5) is 1.32. The molecule has 0 saturated heterocycles. The Morgan fingerprint density at radius 2 is 2.25 bits per heavy atom. The summed E-state index contributed by atoms with van der Waals surface area (Å²) in [5, 5.41) is 5.53. The van der Waals surface area contributed by atoms with Crippen LogP contribution in [0.25, 0.3) is 0 Å². The molecular formula is C13H23NOS. The highest BCUT2D eigenvalue weighted by molar-refractivity contribution is 7.09. The Balaban J connectivity index is 1.82. The van der Waals surface area contributed by atoms with E-state index in [1.54, 1.807) is 11.3 Å². The van der Waals surface area contributed by atoms with E-state index in [1.165, 1.54) is 11.3 Å².